The predicted octanol–water partition coefficient (Wildman–Crippen LogP) is 0.987. The number of anilines is 1. The van der Waals surface area contributed by atoms with E-state index in [4.69, 9.17) is 0 Å². The van der Waals surface area contributed by atoms with Gasteiger partial charge in [-0.25, -0.2) is 10.4 Å². The van der Waals surface area contributed by atoms with Crippen LogP contribution in [-0.4, -0.2) is 16.0 Å². The number of nitrogens with zero attached hydrogens (tertiary/aromatic N) is 3. The Morgan fingerprint density at radius 2 is 2.25 bits per heavy atom. The smallest absolute Gasteiger partial charge is 0.276 e. The third kappa shape index (κ3) is 1.09. The zero-order chi connectivity index (χ0) is 11.3. The van der Waals surface area contributed by atoms with Crippen molar-refractivity contribution in [1.29, 1.82) is 0 Å². The van der Waals surface area contributed by atoms with Crippen molar-refractivity contribution < 1.29 is 0 Å². The van der Waals surface area contributed by atoms with Gasteiger partial charge in [-0.1, -0.05) is 0 Å². The Bertz CT molecular complexity index is 669. The number of aromatic nitrogens is 2. The van der Waals surface area contributed by atoms with Gasteiger partial charge in [-0.05, 0) is 19.4 Å². The Kier molecular flexibility index (Phi) is 1.78. The second-order valence-corrected chi connectivity index (χ2v) is 4.74. The molecule has 7 heteroatoms. The summed E-state index contributed by atoms with van der Waals surface area (Å²) in [5.41, 5.74) is 6.34. The van der Waals surface area contributed by atoms with Crippen molar-refractivity contribution in [2.45, 2.75) is 13.8 Å². The molecule has 0 radical (unpaired) electrons. The molecule has 1 aliphatic heterocycles. The maximum Gasteiger partial charge on any atom is 0.282 e. The van der Waals surface area contributed by atoms with Crippen molar-refractivity contribution in [1.82, 2.24) is 9.66 Å². The van der Waals surface area contributed by atoms with Crippen molar-refractivity contribution in [3.05, 3.63) is 20.8 Å². The van der Waals surface area contributed by atoms with Gasteiger partial charge in [0.2, 0.25) is 5.95 Å². The molecule has 2 N–H and O–H groups in total. The van der Waals surface area contributed by atoms with E-state index in [9.17, 15) is 4.79 Å². The van der Waals surface area contributed by atoms with Gasteiger partial charge in [0, 0.05) is 4.88 Å². The van der Waals surface area contributed by atoms with Crippen molar-refractivity contribution in [2.24, 2.45) is 5.10 Å². The Labute approximate surface area is 94.6 Å². The molecule has 3 rings (SSSR count). The van der Waals surface area contributed by atoms with E-state index < -0.39 is 0 Å². The van der Waals surface area contributed by atoms with Gasteiger partial charge in [0.15, 0.2) is 0 Å². The fraction of sp³-hybridized carbons (Fsp3) is 0.222. The number of hydrazone groups is 1. The highest BCUT2D eigenvalue weighted by molar-refractivity contribution is 7.18. The lowest BCUT2D eigenvalue weighted by atomic mass is 10.2. The molecule has 0 aromatic carbocycles. The van der Waals surface area contributed by atoms with Crippen LogP contribution in [0.5, 0.6) is 0 Å². The Morgan fingerprint density at radius 1 is 1.44 bits per heavy atom. The summed E-state index contributed by atoms with van der Waals surface area (Å²) < 4.78 is 1.36. The molecule has 0 saturated carbocycles. The van der Waals surface area contributed by atoms with Crippen molar-refractivity contribution >= 4 is 33.8 Å². The average Bonchev–Trinajstić information content (AvgIpc) is 2.55. The lowest BCUT2D eigenvalue weighted by Gasteiger charge is -2.13. The Hall–Kier alpha value is -1.89. The maximum absolute atomic E-state index is 12.2. The number of thiophene rings is 1. The molecule has 0 spiro atoms. The summed E-state index contributed by atoms with van der Waals surface area (Å²) in [4.78, 5) is 18.4. The molecule has 1 aliphatic rings. The molecule has 0 atom stereocenters. The first-order chi connectivity index (χ1) is 7.68. The number of fused-ring (bicyclic) bond motifs is 2. The van der Waals surface area contributed by atoms with Gasteiger partial charge < -0.3 is 0 Å². The number of nitrogens with one attached hydrogen (secondary N) is 2. The molecular formula is C9H9N5OS. The second-order valence-electron chi connectivity index (χ2n) is 3.54. The van der Waals surface area contributed by atoms with E-state index in [0.29, 0.717) is 11.3 Å². The number of aryl methyl sites for hydroxylation is 2. The van der Waals surface area contributed by atoms with Crippen molar-refractivity contribution in [3.8, 4) is 0 Å². The van der Waals surface area contributed by atoms with Crippen LogP contribution >= 0.6 is 11.3 Å². The third-order valence-electron chi connectivity index (χ3n) is 2.62. The number of hydrogen-bond donors (Lipinski definition) is 2. The van der Waals surface area contributed by atoms with Crippen molar-refractivity contribution in [2.75, 3.05) is 10.9 Å². The highest BCUT2D eigenvalue weighted by Gasteiger charge is 2.16. The first-order valence-electron chi connectivity index (χ1n) is 4.75. The first kappa shape index (κ1) is 9.34. The van der Waals surface area contributed by atoms with Gasteiger partial charge >= 0.3 is 0 Å². The van der Waals surface area contributed by atoms with Gasteiger partial charge in [-0.3, -0.25) is 10.2 Å². The molecule has 16 heavy (non-hydrogen) atoms. The SMILES string of the molecule is Cc1sc2nc3n(c(=O)c2c1C)NC=NN3. The lowest BCUT2D eigenvalue weighted by Crippen LogP contribution is -2.33. The van der Waals surface area contributed by atoms with E-state index in [1.54, 1.807) is 0 Å². The minimum absolute atomic E-state index is 0.0968. The second kappa shape index (κ2) is 3.05. The van der Waals surface area contributed by atoms with Gasteiger partial charge in [-0.2, -0.15) is 9.78 Å². The minimum atomic E-state index is -0.0968. The van der Waals surface area contributed by atoms with Crippen LogP contribution in [0.3, 0.4) is 0 Å². The topological polar surface area (TPSA) is 71.3 Å². The summed E-state index contributed by atoms with van der Waals surface area (Å²) in [6.45, 7) is 3.93. The molecule has 3 heterocycles. The molecule has 0 fully saturated rings. The zero-order valence-corrected chi connectivity index (χ0v) is 9.55. The van der Waals surface area contributed by atoms with Gasteiger partial charge in [0.1, 0.15) is 11.2 Å². The van der Waals surface area contributed by atoms with Gasteiger partial charge in [0.05, 0.1) is 5.39 Å². The average molecular weight is 235 g/mol. The molecule has 6 nitrogen and oxygen atoms in total. The summed E-state index contributed by atoms with van der Waals surface area (Å²) in [6, 6.07) is 0. The van der Waals surface area contributed by atoms with Crippen LogP contribution in [0.15, 0.2) is 9.90 Å². The van der Waals surface area contributed by atoms with E-state index >= 15 is 0 Å². The van der Waals surface area contributed by atoms with Crippen LogP contribution in [0, 0.1) is 13.8 Å². The van der Waals surface area contributed by atoms with Gasteiger partial charge in [0.25, 0.3) is 5.56 Å². The van der Waals surface area contributed by atoms with Crippen molar-refractivity contribution in [3.63, 3.8) is 0 Å². The summed E-state index contributed by atoms with van der Waals surface area (Å²) in [5, 5.41) is 4.47. The number of hydrogen-bond acceptors (Lipinski definition) is 6. The maximum atomic E-state index is 12.2. The molecule has 0 unspecified atom stereocenters. The van der Waals surface area contributed by atoms with Gasteiger partial charge in [-0.15, -0.1) is 11.3 Å². The molecule has 2 aromatic rings. The summed E-state index contributed by atoms with van der Waals surface area (Å²) >= 11 is 1.52. The van der Waals surface area contributed by atoms with Crippen LogP contribution in [0.2, 0.25) is 0 Å². The van der Waals surface area contributed by atoms with E-state index in [1.807, 2.05) is 13.8 Å². The summed E-state index contributed by atoms with van der Waals surface area (Å²) in [6.07, 6.45) is 1.41. The van der Waals surface area contributed by atoms with E-state index in [1.165, 1.54) is 22.4 Å². The quantitative estimate of drug-likeness (QED) is 0.714. The predicted molar refractivity (Wildman–Crippen MR) is 64.8 cm³/mol. The fourth-order valence-electron chi connectivity index (χ4n) is 1.67. The van der Waals surface area contributed by atoms with E-state index in [-0.39, 0.29) is 5.56 Å². The highest BCUT2D eigenvalue weighted by atomic mass is 32.1. The Balaban J connectivity index is 2.47. The standard InChI is InChI=1S/C9H9N5OS/c1-4-5(2)16-7-6(4)8(15)14-9(12-7)13-10-3-11-14/h3H,1-2H3,(H,10,11)(H,12,13). The zero-order valence-electron chi connectivity index (χ0n) is 8.74. The molecule has 82 valence electrons. The molecule has 0 saturated heterocycles. The normalized spacial score (nSPS) is 13.4. The molecule has 0 aliphatic carbocycles. The fourth-order valence-corrected chi connectivity index (χ4v) is 2.68. The third-order valence-corrected chi connectivity index (χ3v) is 3.72. The lowest BCUT2D eigenvalue weighted by molar-refractivity contribution is 0.880. The van der Waals surface area contributed by atoms with Crippen LogP contribution in [0.25, 0.3) is 10.2 Å². The summed E-state index contributed by atoms with van der Waals surface area (Å²) in [7, 11) is 0. The van der Waals surface area contributed by atoms with Crippen LogP contribution < -0.4 is 16.4 Å². The van der Waals surface area contributed by atoms with Crippen LogP contribution in [0.1, 0.15) is 10.4 Å². The summed E-state index contributed by atoms with van der Waals surface area (Å²) in [5.74, 6) is 0.418. The number of rotatable bonds is 0. The monoisotopic (exact) mass is 235 g/mol. The van der Waals surface area contributed by atoms with E-state index in [2.05, 4.69) is 20.9 Å². The molecule has 0 bridgehead atoms. The Morgan fingerprint density at radius 3 is 3.06 bits per heavy atom. The first-order valence-corrected chi connectivity index (χ1v) is 5.57. The highest BCUT2D eigenvalue weighted by Crippen LogP contribution is 2.26. The molecular weight excluding hydrogens is 226 g/mol. The molecule has 0 amide bonds. The largest absolute Gasteiger partial charge is 0.282 e. The van der Waals surface area contributed by atoms with E-state index in [0.717, 1.165) is 15.3 Å². The van der Waals surface area contributed by atoms with Crippen LogP contribution in [-0.2, 0) is 0 Å². The minimum Gasteiger partial charge on any atom is -0.276 e. The molecule has 2 aromatic heterocycles. The van der Waals surface area contributed by atoms with Crippen LogP contribution in [0.4, 0.5) is 5.95 Å².